The van der Waals surface area contributed by atoms with Gasteiger partial charge in [0.25, 0.3) is 0 Å². The van der Waals surface area contributed by atoms with Crippen LogP contribution in [0.3, 0.4) is 0 Å². The van der Waals surface area contributed by atoms with Gasteiger partial charge in [-0.1, -0.05) is 24.3 Å². The summed E-state index contributed by atoms with van der Waals surface area (Å²) in [7, 11) is 0. The Balaban J connectivity index is 1.57. The first-order chi connectivity index (χ1) is 12.5. The molecule has 1 saturated heterocycles. The molecule has 5 nitrogen and oxygen atoms in total. The summed E-state index contributed by atoms with van der Waals surface area (Å²) in [5.41, 5.74) is 2.15. The number of urea groups is 1. The number of amides is 2. The lowest BCUT2D eigenvalue weighted by Crippen LogP contribution is -2.44. The maximum Gasteiger partial charge on any atom is 0.335 e. The molecule has 1 heterocycles. The van der Waals surface area contributed by atoms with E-state index in [1.165, 1.54) is 12.1 Å². The van der Waals surface area contributed by atoms with Crippen molar-refractivity contribution < 1.29 is 19.1 Å². The molecule has 6 heteroatoms. The maximum atomic E-state index is 12.9. The van der Waals surface area contributed by atoms with Crippen molar-refractivity contribution in [1.29, 1.82) is 0 Å². The Hall–Kier alpha value is -2.89. The molecule has 0 spiro atoms. The van der Waals surface area contributed by atoms with Crippen molar-refractivity contribution in [2.24, 2.45) is 0 Å². The Morgan fingerprint density at radius 2 is 1.81 bits per heavy atom. The molecule has 0 unspecified atom stereocenters. The van der Waals surface area contributed by atoms with E-state index in [-0.39, 0.29) is 23.3 Å². The van der Waals surface area contributed by atoms with E-state index in [1.807, 2.05) is 12.1 Å². The Kier molecular flexibility index (Phi) is 5.51. The molecule has 0 aromatic heterocycles. The van der Waals surface area contributed by atoms with Gasteiger partial charge in [0.15, 0.2) is 0 Å². The van der Waals surface area contributed by atoms with Crippen LogP contribution in [-0.4, -0.2) is 35.1 Å². The minimum atomic E-state index is -0.943. The van der Waals surface area contributed by atoms with Crippen molar-refractivity contribution in [3.63, 3.8) is 0 Å². The fraction of sp³-hybridized carbons (Fsp3) is 0.300. The van der Waals surface area contributed by atoms with Gasteiger partial charge in [-0.2, -0.15) is 0 Å². The maximum absolute atomic E-state index is 12.9. The number of carbonyl (C=O) groups excluding carboxylic acids is 1. The van der Waals surface area contributed by atoms with Crippen LogP contribution in [0.4, 0.5) is 9.18 Å². The predicted octanol–water partition coefficient (Wildman–Crippen LogP) is 3.61. The van der Waals surface area contributed by atoms with Crippen molar-refractivity contribution in [2.75, 3.05) is 13.1 Å². The van der Waals surface area contributed by atoms with Crippen LogP contribution >= 0.6 is 0 Å². The third kappa shape index (κ3) is 4.39. The third-order valence-electron chi connectivity index (χ3n) is 4.69. The average molecular weight is 356 g/mol. The third-order valence-corrected chi connectivity index (χ3v) is 4.69. The standard InChI is InChI=1S/C20H21FN2O3/c21-18-9-3-14(4-10-18)12-22-20(26)23-11-1-2-17(13-23)15-5-7-16(8-6-15)19(24)25/h3-10,17H,1-2,11-13H2,(H,22,26)(H,24,25)/t17-/m0/s1. The summed E-state index contributed by atoms with van der Waals surface area (Å²) in [4.78, 5) is 25.2. The molecule has 0 aliphatic carbocycles. The molecular formula is C20H21FN2O3. The summed E-state index contributed by atoms with van der Waals surface area (Å²) in [5, 5.41) is 11.9. The molecule has 2 amide bonds. The number of likely N-dealkylation sites (tertiary alicyclic amines) is 1. The highest BCUT2D eigenvalue weighted by Crippen LogP contribution is 2.27. The van der Waals surface area contributed by atoms with E-state index in [0.29, 0.717) is 19.6 Å². The summed E-state index contributed by atoms with van der Waals surface area (Å²) in [5.74, 6) is -1.04. The highest BCUT2D eigenvalue weighted by atomic mass is 19.1. The first-order valence-electron chi connectivity index (χ1n) is 8.63. The molecule has 1 aliphatic rings. The van der Waals surface area contributed by atoms with Crippen molar-refractivity contribution in [2.45, 2.75) is 25.3 Å². The molecule has 3 rings (SSSR count). The number of hydrogen-bond donors (Lipinski definition) is 2. The van der Waals surface area contributed by atoms with Crippen LogP contribution in [0.2, 0.25) is 0 Å². The van der Waals surface area contributed by atoms with Crippen molar-refractivity contribution in [3.05, 3.63) is 71.0 Å². The number of nitrogens with one attached hydrogen (secondary N) is 1. The van der Waals surface area contributed by atoms with Crippen molar-refractivity contribution in [1.82, 2.24) is 10.2 Å². The number of carboxylic acid groups (broad SMARTS) is 1. The molecule has 0 radical (unpaired) electrons. The highest BCUT2D eigenvalue weighted by Gasteiger charge is 2.24. The fourth-order valence-electron chi connectivity index (χ4n) is 3.22. The number of carboxylic acids is 1. The second-order valence-electron chi connectivity index (χ2n) is 6.50. The van der Waals surface area contributed by atoms with Crippen LogP contribution in [0.25, 0.3) is 0 Å². The molecular weight excluding hydrogens is 335 g/mol. The smallest absolute Gasteiger partial charge is 0.335 e. The van der Waals surface area contributed by atoms with Gasteiger partial charge in [-0.3, -0.25) is 0 Å². The number of piperidine rings is 1. The van der Waals surface area contributed by atoms with Gasteiger partial charge in [-0.15, -0.1) is 0 Å². The average Bonchev–Trinajstić information content (AvgIpc) is 2.67. The molecule has 2 aromatic rings. The summed E-state index contributed by atoms with van der Waals surface area (Å²) >= 11 is 0. The molecule has 0 saturated carbocycles. The Morgan fingerprint density at radius 3 is 2.46 bits per heavy atom. The lowest BCUT2D eigenvalue weighted by Gasteiger charge is -2.33. The Morgan fingerprint density at radius 1 is 1.12 bits per heavy atom. The second kappa shape index (κ2) is 7.99. The topological polar surface area (TPSA) is 69.6 Å². The molecule has 2 aromatic carbocycles. The van der Waals surface area contributed by atoms with E-state index in [9.17, 15) is 14.0 Å². The molecule has 1 atom stereocenters. The van der Waals surface area contributed by atoms with Crippen molar-refractivity contribution >= 4 is 12.0 Å². The number of hydrogen-bond acceptors (Lipinski definition) is 2. The normalized spacial score (nSPS) is 17.0. The Labute approximate surface area is 151 Å². The highest BCUT2D eigenvalue weighted by molar-refractivity contribution is 5.87. The first-order valence-corrected chi connectivity index (χ1v) is 8.63. The van der Waals surface area contributed by atoms with Crippen LogP contribution in [0.15, 0.2) is 48.5 Å². The lowest BCUT2D eigenvalue weighted by atomic mass is 9.90. The van der Waals surface area contributed by atoms with Crippen molar-refractivity contribution in [3.8, 4) is 0 Å². The molecule has 1 fully saturated rings. The zero-order valence-electron chi connectivity index (χ0n) is 14.3. The fourth-order valence-corrected chi connectivity index (χ4v) is 3.22. The van der Waals surface area contributed by atoms with Gasteiger partial charge in [0.2, 0.25) is 0 Å². The largest absolute Gasteiger partial charge is 0.478 e. The van der Waals surface area contributed by atoms with Crippen LogP contribution in [0, 0.1) is 5.82 Å². The van der Waals surface area contributed by atoms with E-state index in [2.05, 4.69) is 5.32 Å². The minimum Gasteiger partial charge on any atom is -0.478 e. The quantitative estimate of drug-likeness (QED) is 0.879. The minimum absolute atomic E-state index is 0.138. The summed E-state index contributed by atoms with van der Waals surface area (Å²) < 4.78 is 12.9. The predicted molar refractivity (Wildman–Crippen MR) is 95.6 cm³/mol. The first kappa shape index (κ1) is 17.9. The number of nitrogens with zero attached hydrogens (tertiary/aromatic N) is 1. The van der Waals surface area contributed by atoms with Gasteiger partial charge < -0.3 is 15.3 Å². The molecule has 2 N–H and O–H groups in total. The van der Waals surface area contributed by atoms with E-state index < -0.39 is 5.97 Å². The number of benzene rings is 2. The van der Waals surface area contributed by atoms with E-state index >= 15 is 0 Å². The van der Waals surface area contributed by atoms with Crippen LogP contribution in [-0.2, 0) is 6.54 Å². The van der Waals surface area contributed by atoms with E-state index in [0.717, 1.165) is 24.0 Å². The summed E-state index contributed by atoms with van der Waals surface area (Å²) in [6, 6.07) is 12.8. The number of carbonyl (C=O) groups is 2. The second-order valence-corrected chi connectivity index (χ2v) is 6.50. The zero-order valence-corrected chi connectivity index (χ0v) is 14.3. The SMILES string of the molecule is O=C(O)c1ccc([C@H]2CCCN(C(=O)NCc3ccc(F)cc3)C2)cc1. The van der Waals surface area contributed by atoms with Gasteiger partial charge in [0, 0.05) is 25.6 Å². The van der Waals surface area contributed by atoms with Gasteiger partial charge in [-0.25, -0.2) is 14.0 Å². The van der Waals surface area contributed by atoms with Crippen LogP contribution in [0.5, 0.6) is 0 Å². The van der Waals surface area contributed by atoms with Crippen LogP contribution < -0.4 is 5.32 Å². The number of rotatable bonds is 4. The summed E-state index contributed by atoms with van der Waals surface area (Å²) in [6.07, 6.45) is 1.86. The lowest BCUT2D eigenvalue weighted by molar-refractivity contribution is 0.0697. The molecule has 1 aliphatic heterocycles. The van der Waals surface area contributed by atoms with Crippen LogP contribution in [0.1, 0.15) is 40.2 Å². The van der Waals surface area contributed by atoms with E-state index in [1.54, 1.807) is 29.2 Å². The molecule has 26 heavy (non-hydrogen) atoms. The van der Waals surface area contributed by atoms with Gasteiger partial charge >= 0.3 is 12.0 Å². The van der Waals surface area contributed by atoms with E-state index in [4.69, 9.17) is 5.11 Å². The zero-order chi connectivity index (χ0) is 18.5. The molecule has 0 bridgehead atoms. The van der Waals surface area contributed by atoms with Gasteiger partial charge in [0.1, 0.15) is 5.82 Å². The van der Waals surface area contributed by atoms with Gasteiger partial charge in [0.05, 0.1) is 5.56 Å². The number of halogens is 1. The Bertz CT molecular complexity index is 775. The van der Waals surface area contributed by atoms with Gasteiger partial charge in [-0.05, 0) is 48.2 Å². The monoisotopic (exact) mass is 356 g/mol. The molecule has 136 valence electrons. The number of aromatic carboxylic acids is 1. The summed E-state index contributed by atoms with van der Waals surface area (Å²) in [6.45, 7) is 1.65.